The van der Waals surface area contributed by atoms with E-state index in [1.807, 2.05) is 24.3 Å². The van der Waals surface area contributed by atoms with Crippen LogP contribution < -0.4 is 5.32 Å². The number of nitrogens with one attached hydrogen (secondary N) is 1. The van der Waals surface area contributed by atoms with Crippen molar-refractivity contribution >= 4 is 23.4 Å². The molecule has 3 aromatic rings. The standard InChI is InChI=1S/C18H16N2OS/c1-12-6-7-16(13(2)8-12)17-10-22-18(20-17)14-4-3-5-15(9-14)19-11-21/h3-11H,1-2H3,(H,19,21). The van der Waals surface area contributed by atoms with Crippen molar-refractivity contribution in [3.8, 4) is 21.8 Å². The largest absolute Gasteiger partial charge is 0.329 e. The molecular formula is C18H16N2OS. The van der Waals surface area contributed by atoms with Crippen LogP contribution in [0.4, 0.5) is 5.69 Å². The van der Waals surface area contributed by atoms with E-state index in [0.29, 0.717) is 6.41 Å². The Kier molecular flexibility index (Phi) is 4.02. The number of aromatic nitrogens is 1. The molecule has 3 rings (SSSR count). The van der Waals surface area contributed by atoms with Gasteiger partial charge in [-0.1, -0.05) is 35.9 Å². The summed E-state index contributed by atoms with van der Waals surface area (Å²) < 4.78 is 0. The second-order valence-corrected chi connectivity index (χ2v) is 6.06. The first-order valence-corrected chi connectivity index (χ1v) is 7.89. The molecule has 0 unspecified atom stereocenters. The van der Waals surface area contributed by atoms with Crippen LogP contribution >= 0.6 is 11.3 Å². The molecule has 0 aliphatic carbocycles. The average Bonchev–Trinajstić information content (AvgIpc) is 2.97. The van der Waals surface area contributed by atoms with E-state index < -0.39 is 0 Å². The predicted molar refractivity (Wildman–Crippen MR) is 92.1 cm³/mol. The molecule has 0 aliphatic heterocycles. The molecule has 0 aliphatic rings. The number of hydrogen-bond donors (Lipinski definition) is 1. The van der Waals surface area contributed by atoms with E-state index in [1.165, 1.54) is 11.1 Å². The monoisotopic (exact) mass is 308 g/mol. The van der Waals surface area contributed by atoms with Crippen molar-refractivity contribution in [3.63, 3.8) is 0 Å². The van der Waals surface area contributed by atoms with Crippen molar-refractivity contribution in [2.24, 2.45) is 0 Å². The molecule has 0 saturated carbocycles. The van der Waals surface area contributed by atoms with Gasteiger partial charge in [-0.3, -0.25) is 4.79 Å². The Morgan fingerprint density at radius 1 is 1.14 bits per heavy atom. The van der Waals surface area contributed by atoms with Gasteiger partial charge in [-0.05, 0) is 31.5 Å². The Balaban J connectivity index is 1.96. The highest BCUT2D eigenvalue weighted by molar-refractivity contribution is 7.13. The first kappa shape index (κ1) is 14.5. The molecule has 110 valence electrons. The molecule has 0 fully saturated rings. The van der Waals surface area contributed by atoms with Crippen molar-refractivity contribution < 1.29 is 4.79 Å². The van der Waals surface area contributed by atoms with Crippen molar-refractivity contribution in [1.29, 1.82) is 0 Å². The number of hydrogen-bond acceptors (Lipinski definition) is 3. The lowest BCUT2D eigenvalue weighted by atomic mass is 10.0. The average molecular weight is 308 g/mol. The number of anilines is 1. The molecule has 0 saturated heterocycles. The first-order valence-electron chi connectivity index (χ1n) is 7.01. The zero-order valence-corrected chi connectivity index (χ0v) is 13.3. The zero-order chi connectivity index (χ0) is 15.5. The normalized spacial score (nSPS) is 10.5. The Hall–Kier alpha value is -2.46. The highest BCUT2D eigenvalue weighted by Crippen LogP contribution is 2.31. The van der Waals surface area contributed by atoms with Gasteiger partial charge in [0, 0.05) is 22.2 Å². The number of rotatable bonds is 4. The maximum absolute atomic E-state index is 10.6. The molecule has 4 heteroatoms. The van der Waals surface area contributed by atoms with Crippen LogP contribution in [-0.4, -0.2) is 11.4 Å². The van der Waals surface area contributed by atoms with Crippen LogP contribution in [0.5, 0.6) is 0 Å². The zero-order valence-electron chi connectivity index (χ0n) is 12.5. The summed E-state index contributed by atoms with van der Waals surface area (Å²) in [6.07, 6.45) is 0.683. The molecule has 0 radical (unpaired) electrons. The van der Waals surface area contributed by atoms with E-state index in [1.54, 1.807) is 11.3 Å². The minimum Gasteiger partial charge on any atom is -0.329 e. The lowest BCUT2D eigenvalue weighted by molar-refractivity contribution is -0.105. The van der Waals surface area contributed by atoms with Crippen molar-refractivity contribution in [2.45, 2.75) is 13.8 Å². The molecular weight excluding hydrogens is 292 g/mol. The number of benzene rings is 2. The Morgan fingerprint density at radius 3 is 2.77 bits per heavy atom. The number of carbonyl (C=O) groups excluding carboxylic acids is 1. The number of amides is 1. The quantitative estimate of drug-likeness (QED) is 0.712. The summed E-state index contributed by atoms with van der Waals surface area (Å²) >= 11 is 1.61. The van der Waals surface area contributed by atoms with E-state index in [9.17, 15) is 4.79 Å². The second kappa shape index (κ2) is 6.12. The highest BCUT2D eigenvalue weighted by Gasteiger charge is 2.09. The molecule has 0 atom stereocenters. The van der Waals surface area contributed by atoms with Crippen molar-refractivity contribution in [1.82, 2.24) is 4.98 Å². The fourth-order valence-electron chi connectivity index (χ4n) is 2.44. The Morgan fingerprint density at radius 2 is 2.00 bits per heavy atom. The summed E-state index contributed by atoms with van der Waals surface area (Å²) in [5.74, 6) is 0. The van der Waals surface area contributed by atoms with Gasteiger partial charge in [-0.2, -0.15) is 0 Å². The third-order valence-corrected chi connectivity index (χ3v) is 4.39. The van der Waals surface area contributed by atoms with Crippen LogP contribution in [0.1, 0.15) is 11.1 Å². The van der Waals surface area contributed by atoms with E-state index in [2.05, 4.69) is 42.7 Å². The maximum Gasteiger partial charge on any atom is 0.211 e. The van der Waals surface area contributed by atoms with Gasteiger partial charge in [0.2, 0.25) is 6.41 Å². The third-order valence-electron chi connectivity index (χ3n) is 3.50. The van der Waals surface area contributed by atoms with E-state index in [-0.39, 0.29) is 0 Å². The predicted octanol–water partition coefficient (Wildman–Crippen LogP) is 4.66. The van der Waals surface area contributed by atoms with Gasteiger partial charge in [0.15, 0.2) is 0 Å². The van der Waals surface area contributed by atoms with Crippen LogP contribution in [-0.2, 0) is 4.79 Å². The Bertz CT molecular complexity index is 823. The van der Waals surface area contributed by atoms with Gasteiger partial charge < -0.3 is 5.32 Å². The third kappa shape index (κ3) is 2.92. The van der Waals surface area contributed by atoms with Crippen molar-refractivity contribution in [2.75, 3.05) is 5.32 Å². The van der Waals surface area contributed by atoms with Gasteiger partial charge in [0.1, 0.15) is 5.01 Å². The molecule has 2 aromatic carbocycles. The number of nitrogens with zero attached hydrogens (tertiary/aromatic N) is 1. The molecule has 1 aromatic heterocycles. The fourth-order valence-corrected chi connectivity index (χ4v) is 3.26. The lowest BCUT2D eigenvalue weighted by Crippen LogP contribution is -1.93. The summed E-state index contributed by atoms with van der Waals surface area (Å²) in [6.45, 7) is 4.20. The lowest BCUT2D eigenvalue weighted by Gasteiger charge is -2.04. The second-order valence-electron chi connectivity index (χ2n) is 5.20. The van der Waals surface area contributed by atoms with Gasteiger partial charge in [0.05, 0.1) is 5.69 Å². The minimum absolute atomic E-state index is 0.683. The van der Waals surface area contributed by atoms with Gasteiger partial charge in [0.25, 0.3) is 0 Å². The summed E-state index contributed by atoms with van der Waals surface area (Å²) in [7, 11) is 0. The Labute approximate surface area is 133 Å². The van der Waals surface area contributed by atoms with Crippen LogP contribution in [0, 0.1) is 13.8 Å². The first-order chi connectivity index (χ1) is 10.7. The maximum atomic E-state index is 10.6. The molecule has 0 bridgehead atoms. The summed E-state index contributed by atoms with van der Waals surface area (Å²) in [5, 5.41) is 5.69. The van der Waals surface area contributed by atoms with E-state index in [4.69, 9.17) is 4.98 Å². The molecule has 1 heterocycles. The van der Waals surface area contributed by atoms with Gasteiger partial charge >= 0.3 is 0 Å². The molecule has 22 heavy (non-hydrogen) atoms. The molecule has 0 spiro atoms. The van der Waals surface area contributed by atoms with Gasteiger partial charge in [-0.25, -0.2) is 4.98 Å². The smallest absolute Gasteiger partial charge is 0.211 e. The van der Waals surface area contributed by atoms with Crippen LogP contribution in [0.15, 0.2) is 47.8 Å². The SMILES string of the molecule is Cc1ccc(-c2csc(-c3cccc(NC=O)c3)n2)c(C)c1. The molecule has 1 N–H and O–H groups in total. The van der Waals surface area contributed by atoms with E-state index in [0.717, 1.165) is 27.5 Å². The topological polar surface area (TPSA) is 42.0 Å². The van der Waals surface area contributed by atoms with Crippen LogP contribution in [0.25, 0.3) is 21.8 Å². The van der Waals surface area contributed by atoms with Crippen LogP contribution in [0.2, 0.25) is 0 Å². The van der Waals surface area contributed by atoms with Gasteiger partial charge in [-0.15, -0.1) is 11.3 Å². The fraction of sp³-hybridized carbons (Fsp3) is 0.111. The number of aryl methyl sites for hydroxylation is 2. The van der Waals surface area contributed by atoms with Crippen molar-refractivity contribution in [3.05, 3.63) is 59.0 Å². The van der Waals surface area contributed by atoms with E-state index >= 15 is 0 Å². The summed E-state index contributed by atoms with van der Waals surface area (Å²) in [5.41, 5.74) is 6.42. The molecule has 3 nitrogen and oxygen atoms in total. The molecule has 1 amide bonds. The van der Waals surface area contributed by atoms with Crippen LogP contribution in [0.3, 0.4) is 0 Å². The number of carbonyl (C=O) groups is 1. The number of thiazole rings is 1. The minimum atomic E-state index is 0.683. The summed E-state index contributed by atoms with van der Waals surface area (Å²) in [4.78, 5) is 15.3. The summed E-state index contributed by atoms with van der Waals surface area (Å²) in [6, 6.07) is 14.1. The highest BCUT2D eigenvalue weighted by atomic mass is 32.1.